The number of aromatic nitrogens is 2. The SMILES string of the molecule is O=C(NC1CCC(Oc2cnccn2)CC1)c1ccco1. The van der Waals surface area contributed by atoms with Gasteiger partial charge in [-0.25, -0.2) is 4.98 Å². The number of carbonyl (C=O) groups excluding carboxylic acids is 1. The molecule has 0 radical (unpaired) electrons. The zero-order valence-electron chi connectivity index (χ0n) is 11.6. The number of hydrogen-bond donors (Lipinski definition) is 1. The molecule has 0 spiro atoms. The van der Waals surface area contributed by atoms with Crippen LogP contribution in [0.3, 0.4) is 0 Å². The minimum Gasteiger partial charge on any atom is -0.473 e. The average molecular weight is 287 g/mol. The van der Waals surface area contributed by atoms with Crippen LogP contribution in [0.25, 0.3) is 0 Å². The molecule has 1 amide bonds. The number of hydrogen-bond acceptors (Lipinski definition) is 5. The summed E-state index contributed by atoms with van der Waals surface area (Å²) in [4.78, 5) is 20.0. The quantitative estimate of drug-likeness (QED) is 0.932. The summed E-state index contributed by atoms with van der Waals surface area (Å²) in [6.45, 7) is 0. The van der Waals surface area contributed by atoms with Crippen molar-refractivity contribution in [2.24, 2.45) is 0 Å². The van der Waals surface area contributed by atoms with E-state index in [1.807, 2.05) is 0 Å². The predicted molar refractivity (Wildman–Crippen MR) is 74.9 cm³/mol. The fourth-order valence-electron chi connectivity index (χ4n) is 2.51. The van der Waals surface area contributed by atoms with E-state index in [4.69, 9.17) is 9.15 Å². The second kappa shape index (κ2) is 6.39. The molecule has 1 aliphatic rings. The van der Waals surface area contributed by atoms with E-state index in [1.54, 1.807) is 30.7 Å². The lowest BCUT2D eigenvalue weighted by atomic mass is 9.93. The molecule has 1 saturated carbocycles. The Morgan fingerprint density at radius 1 is 1.29 bits per heavy atom. The first-order valence-electron chi connectivity index (χ1n) is 7.08. The van der Waals surface area contributed by atoms with Crippen LogP contribution < -0.4 is 10.1 Å². The van der Waals surface area contributed by atoms with Crippen LogP contribution in [-0.2, 0) is 0 Å². The summed E-state index contributed by atoms with van der Waals surface area (Å²) in [7, 11) is 0. The summed E-state index contributed by atoms with van der Waals surface area (Å²) in [5.41, 5.74) is 0. The minimum atomic E-state index is -0.154. The Labute approximate surface area is 122 Å². The van der Waals surface area contributed by atoms with Crippen LogP contribution in [0, 0.1) is 0 Å². The molecule has 21 heavy (non-hydrogen) atoms. The van der Waals surface area contributed by atoms with Crippen molar-refractivity contribution in [1.29, 1.82) is 0 Å². The Balaban J connectivity index is 1.46. The van der Waals surface area contributed by atoms with E-state index < -0.39 is 0 Å². The molecule has 0 aromatic carbocycles. The predicted octanol–water partition coefficient (Wildman–Crippen LogP) is 2.19. The Morgan fingerprint density at radius 3 is 2.81 bits per heavy atom. The molecule has 0 bridgehead atoms. The van der Waals surface area contributed by atoms with Gasteiger partial charge in [0.05, 0.1) is 12.5 Å². The molecule has 2 aromatic heterocycles. The maximum atomic E-state index is 11.9. The molecule has 110 valence electrons. The normalized spacial score (nSPS) is 21.7. The molecular weight excluding hydrogens is 270 g/mol. The van der Waals surface area contributed by atoms with Crippen LogP contribution in [-0.4, -0.2) is 28.0 Å². The summed E-state index contributed by atoms with van der Waals surface area (Å²) in [5.74, 6) is 0.756. The highest BCUT2D eigenvalue weighted by molar-refractivity contribution is 5.91. The third-order valence-corrected chi connectivity index (χ3v) is 3.58. The van der Waals surface area contributed by atoms with Crippen LogP contribution in [0.1, 0.15) is 36.2 Å². The van der Waals surface area contributed by atoms with Gasteiger partial charge in [0.2, 0.25) is 5.88 Å². The van der Waals surface area contributed by atoms with E-state index in [-0.39, 0.29) is 18.1 Å². The maximum Gasteiger partial charge on any atom is 0.287 e. The summed E-state index contributed by atoms with van der Waals surface area (Å²) in [5, 5.41) is 2.99. The Morgan fingerprint density at radius 2 is 2.14 bits per heavy atom. The third kappa shape index (κ3) is 3.59. The number of amides is 1. The Kier molecular flexibility index (Phi) is 4.14. The number of furan rings is 1. The topological polar surface area (TPSA) is 77.2 Å². The zero-order chi connectivity index (χ0) is 14.5. The fraction of sp³-hybridized carbons (Fsp3) is 0.400. The molecular formula is C15H17N3O3. The molecule has 6 heteroatoms. The number of nitrogens with zero attached hydrogens (tertiary/aromatic N) is 2. The Hall–Kier alpha value is -2.37. The molecule has 0 unspecified atom stereocenters. The van der Waals surface area contributed by atoms with Gasteiger partial charge in [0, 0.05) is 18.4 Å². The summed E-state index contributed by atoms with van der Waals surface area (Å²) >= 11 is 0. The van der Waals surface area contributed by atoms with Crippen molar-refractivity contribution in [3.63, 3.8) is 0 Å². The largest absolute Gasteiger partial charge is 0.473 e. The van der Waals surface area contributed by atoms with E-state index >= 15 is 0 Å². The maximum absolute atomic E-state index is 11.9. The smallest absolute Gasteiger partial charge is 0.287 e. The standard InChI is InChI=1S/C15H17N3O3/c19-15(13-2-1-9-20-13)18-11-3-5-12(6-4-11)21-14-10-16-7-8-17-14/h1-2,7-12H,3-6H2,(H,18,19). The average Bonchev–Trinajstić information content (AvgIpc) is 3.05. The van der Waals surface area contributed by atoms with Crippen LogP contribution >= 0.6 is 0 Å². The van der Waals surface area contributed by atoms with Gasteiger partial charge >= 0.3 is 0 Å². The zero-order valence-corrected chi connectivity index (χ0v) is 11.6. The lowest BCUT2D eigenvalue weighted by Crippen LogP contribution is -2.39. The lowest BCUT2D eigenvalue weighted by molar-refractivity contribution is 0.0863. The van der Waals surface area contributed by atoms with Gasteiger partial charge in [-0.3, -0.25) is 9.78 Å². The summed E-state index contributed by atoms with van der Waals surface area (Å²) < 4.78 is 10.9. The molecule has 3 rings (SSSR count). The van der Waals surface area contributed by atoms with Crippen molar-refractivity contribution < 1.29 is 13.9 Å². The molecule has 1 aliphatic carbocycles. The van der Waals surface area contributed by atoms with Crippen molar-refractivity contribution in [1.82, 2.24) is 15.3 Å². The number of nitrogens with one attached hydrogen (secondary N) is 1. The molecule has 0 aliphatic heterocycles. The highest BCUT2D eigenvalue weighted by Crippen LogP contribution is 2.22. The van der Waals surface area contributed by atoms with Gasteiger partial charge in [-0.15, -0.1) is 0 Å². The molecule has 2 aromatic rings. The van der Waals surface area contributed by atoms with Crippen molar-refractivity contribution in [3.8, 4) is 5.88 Å². The molecule has 0 atom stereocenters. The summed E-state index contributed by atoms with van der Waals surface area (Å²) in [6.07, 6.45) is 10.0. The molecule has 1 fully saturated rings. The van der Waals surface area contributed by atoms with E-state index in [9.17, 15) is 4.79 Å². The van der Waals surface area contributed by atoms with Crippen molar-refractivity contribution >= 4 is 5.91 Å². The second-order valence-corrected chi connectivity index (χ2v) is 5.09. The van der Waals surface area contributed by atoms with E-state index in [0.717, 1.165) is 25.7 Å². The Bertz CT molecular complexity index is 563. The molecule has 0 saturated heterocycles. The molecule has 2 heterocycles. The van der Waals surface area contributed by atoms with Gasteiger partial charge < -0.3 is 14.5 Å². The van der Waals surface area contributed by atoms with Crippen LogP contribution in [0.15, 0.2) is 41.4 Å². The van der Waals surface area contributed by atoms with Crippen molar-refractivity contribution in [2.45, 2.75) is 37.8 Å². The highest BCUT2D eigenvalue weighted by atomic mass is 16.5. The van der Waals surface area contributed by atoms with Crippen LogP contribution in [0.5, 0.6) is 5.88 Å². The monoisotopic (exact) mass is 287 g/mol. The summed E-state index contributed by atoms with van der Waals surface area (Å²) in [6, 6.07) is 3.54. The van der Waals surface area contributed by atoms with E-state index in [2.05, 4.69) is 15.3 Å². The number of rotatable bonds is 4. The van der Waals surface area contributed by atoms with Crippen LogP contribution in [0.4, 0.5) is 0 Å². The molecule has 6 nitrogen and oxygen atoms in total. The van der Waals surface area contributed by atoms with E-state index in [1.165, 1.54) is 6.26 Å². The highest BCUT2D eigenvalue weighted by Gasteiger charge is 2.24. The van der Waals surface area contributed by atoms with Crippen molar-refractivity contribution in [2.75, 3.05) is 0 Å². The lowest BCUT2D eigenvalue weighted by Gasteiger charge is -2.28. The van der Waals surface area contributed by atoms with Crippen molar-refractivity contribution in [3.05, 3.63) is 42.7 Å². The van der Waals surface area contributed by atoms with E-state index in [0.29, 0.717) is 11.6 Å². The number of ether oxygens (including phenoxy) is 1. The first-order valence-corrected chi connectivity index (χ1v) is 7.08. The van der Waals surface area contributed by atoms with Gasteiger partial charge in [0.15, 0.2) is 5.76 Å². The van der Waals surface area contributed by atoms with Crippen LogP contribution in [0.2, 0.25) is 0 Å². The second-order valence-electron chi connectivity index (χ2n) is 5.09. The number of carbonyl (C=O) groups is 1. The third-order valence-electron chi connectivity index (χ3n) is 3.58. The molecule has 1 N–H and O–H groups in total. The first kappa shape index (κ1) is 13.6. The van der Waals surface area contributed by atoms with Gasteiger partial charge in [-0.2, -0.15) is 0 Å². The first-order chi connectivity index (χ1) is 10.3. The van der Waals surface area contributed by atoms with Gasteiger partial charge in [-0.05, 0) is 37.8 Å². The van der Waals surface area contributed by atoms with Gasteiger partial charge in [-0.1, -0.05) is 0 Å². The van der Waals surface area contributed by atoms with Gasteiger partial charge in [0.25, 0.3) is 5.91 Å². The minimum absolute atomic E-state index is 0.137. The fourth-order valence-corrected chi connectivity index (χ4v) is 2.51. The van der Waals surface area contributed by atoms with Gasteiger partial charge in [0.1, 0.15) is 6.10 Å².